The predicted molar refractivity (Wildman–Crippen MR) is 103 cm³/mol. The predicted octanol–water partition coefficient (Wildman–Crippen LogP) is 3.34. The van der Waals surface area contributed by atoms with Crippen molar-refractivity contribution in [3.05, 3.63) is 65.0 Å². The van der Waals surface area contributed by atoms with E-state index in [2.05, 4.69) is 23.6 Å². The number of nitrogens with one attached hydrogen (secondary N) is 2. The van der Waals surface area contributed by atoms with Crippen molar-refractivity contribution in [2.45, 2.75) is 37.6 Å². The Morgan fingerprint density at radius 2 is 2.07 bits per heavy atom. The van der Waals surface area contributed by atoms with E-state index < -0.39 is 0 Å². The fourth-order valence-electron chi connectivity index (χ4n) is 4.18. The SMILES string of the molecule is Cc1ccc2c(c1)C[C@@H](C(=O)NCC1(c3cccc(F)c3)CCOCC1)N2. The molecule has 0 saturated carbocycles. The molecule has 0 aliphatic carbocycles. The van der Waals surface area contributed by atoms with Gasteiger partial charge in [0.2, 0.25) is 5.91 Å². The molecule has 2 aromatic rings. The van der Waals surface area contributed by atoms with Crippen molar-refractivity contribution in [1.82, 2.24) is 5.32 Å². The molecular weight excluding hydrogens is 343 g/mol. The Kier molecular flexibility index (Phi) is 4.87. The highest BCUT2D eigenvalue weighted by Crippen LogP contribution is 2.35. The van der Waals surface area contributed by atoms with Gasteiger partial charge < -0.3 is 15.4 Å². The number of aryl methyl sites for hydroxylation is 1. The van der Waals surface area contributed by atoms with Crippen molar-refractivity contribution in [1.29, 1.82) is 0 Å². The molecule has 1 saturated heterocycles. The third-order valence-corrected chi connectivity index (χ3v) is 5.82. The molecule has 2 aliphatic rings. The van der Waals surface area contributed by atoms with Crippen LogP contribution in [0.5, 0.6) is 0 Å². The van der Waals surface area contributed by atoms with E-state index in [1.165, 1.54) is 17.2 Å². The molecule has 0 bridgehead atoms. The standard InChI is InChI=1S/C22H25FN2O2/c1-15-5-6-19-16(11-15)12-20(25-19)21(26)24-14-22(7-9-27-10-8-22)17-3-2-4-18(23)13-17/h2-6,11,13,20,25H,7-10,12,14H2,1H3,(H,24,26)/t20-/m0/s1. The molecule has 1 atom stereocenters. The summed E-state index contributed by atoms with van der Waals surface area (Å²) in [6.45, 7) is 3.80. The maximum Gasteiger partial charge on any atom is 0.242 e. The minimum Gasteiger partial charge on any atom is -0.381 e. The van der Waals surface area contributed by atoms with E-state index in [0.29, 0.717) is 26.2 Å². The van der Waals surface area contributed by atoms with E-state index in [1.807, 2.05) is 18.2 Å². The number of hydrogen-bond donors (Lipinski definition) is 2. The zero-order valence-corrected chi connectivity index (χ0v) is 15.6. The lowest BCUT2D eigenvalue weighted by atomic mass is 9.74. The number of ether oxygens (including phenoxy) is 1. The molecule has 2 N–H and O–H groups in total. The highest BCUT2D eigenvalue weighted by Gasteiger charge is 2.36. The molecule has 2 heterocycles. The van der Waals surface area contributed by atoms with Crippen LogP contribution in [0, 0.1) is 12.7 Å². The van der Waals surface area contributed by atoms with Gasteiger partial charge in [-0.1, -0.05) is 29.8 Å². The molecule has 1 amide bonds. The first-order valence-corrected chi connectivity index (χ1v) is 9.53. The van der Waals surface area contributed by atoms with Crippen molar-refractivity contribution in [2.24, 2.45) is 0 Å². The number of halogens is 1. The third kappa shape index (κ3) is 3.69. The van der Waals surface area contributed by atoms with Crippen LogP contribution >= 0.6 is 0 Å². The zero-order chi connectivity index (χ0) is 18.9. The Hall–Kier alpha value is -2.40. The number of hydrogen-bond acceptors (Lipinski definition) is 3. The highest BCUT2D eigenvalue weighted by molar-refractivity contribution is 5.87. The Bertz CT molecular complexity index is 846. The van der Waals surface area contributed by atoms with Crippen LogP contribution in [-0.2, 0) is 21.4 Å². The van der Waals surface area contributed by atoms with E-state index in [0.717, 1.165) is 24.1 Å². The lowest BCUT2D eigenvalue weighted by Gasteiger charge is -2.38. The number of amides is 1. The average Bonchev–Trinajstić information content (AvgIpc) is 3.10. The van der Waals surface area contributed by atoms with Crippen LogP contribution in [0.2, 0.25) is 0 Å². The highest BCUT2D eigenvalue weighted by atomic mass is 19.1. The van der Waals surface area contributed by atoms with Gasteiger partial charge >= 0.3 is 0 Å². The summed E-state index contributed by atoms with van der Waals surface area (Å²) in [5.41, 5.74) is 4.07. The van der Waals surface area contributed by atoms with Crippen molar-refractivity contribution < 1.29 is 13.9 Å². The minimum absolute atomic E-state index is 0.00822. The van der Waals surface area contributed by atoms with Crippen molar-refractivity contribution >= 4 is 11.6 Å². The first-order chi connectivity index (χ1) is 13.1. The molecule has 2 aliphatic heterocycles. The topological polar surface area (TPSA) is 50.4 Å². The number of anilines is 1. The molecule has 142 valence electrons. The molecule has 5 heteroatoms. The molecule has 0 spiro atoms. The van der Waals surface area contributed by atoms with Crippen LogP contribution in [0.25, 0.3) is 0 Å². The fraction of sp³-hybridized carbons (Fsp3) is 0.409. The van der Waals surface area contributed by atoms with Gasteiger partial charge in [0, 0.05) is 37.3 Å². The second-order valence-electron chi connectivity index (χ2n) is 7.68. The average molecular weight is 368 g/mol. The second kappa shape index (κ2) is 7.31. The Morgan fingerprint density at radius 3 is 2.85 bits per heavy atom. The molecule has 0 aromatic heterocycles. The summed E-state index contributed by atoms with van der Waals surface area (Å²) >= 11 is 0. The molecule has 4 rings (SSSR count). The number of carbonyl (C=O) groups excluding carboxylic acids is 1. The third-order valence-electron chi connectivity index (χ3n) is 5.82. The van der Waals surface area contributed by atoms with Crippen LogP contribution in [0.4, 0.5) is 10.1 Å². The van der Waals surface area contributed by atoms with Gasteiger partial charge in [-0.2, -0.15) is 0 Å². The fourth-order valence-corrected chi connectivity index (χ4v) is 4.18. The summed E-state index contributed by atoms with van der Waals surface area (Å²) < 4.78 is 19.3. The van der Waals surface area contributed by atoms with Gasteiger partial charge in [0.05, 0.1) is 0 Å². The molecular formula is C22H25FN2O2. The quantitative estimate of drug-likeness (QED) is 0.870. The monoisotopic (exact) mass is 368 g/mol. The van der Waals surface area contributed by atoms with Crippen molar-refractivity contribution in [3.63, 3.8) is 0 Å². The van der Waals surface area contributed by atoms with E-state index in [4.69, 9.17) is 4.74 Å². The van der Waals surface area contributed by atoms with Gasteiger partial charge in [0.15, 0.2) is 0 Å². The van der Waals surface area contributed by atoms with Gasteiger partial charge in [-0.05, 0) is 49.1 Å². The van der Waals surface area contributed by atoms with Crippen molar-refractivity contribution in [3.8, 4) is 0 Å². The Morgan fingerprint density at radius 1 is 1.26 bits per heavy atom. The molecule has 4 nitrogen and oxygen atoms in total. The maximum atomic E-state index is 13.8. The number of fused-ring (bicyclic) bond motifs is 1. The van der Waals surface area contributed by atoms with Crippen LogP contribution < -0.4 is 10.6 Å². The van der Waals surface area contributed by atoms with Crippen molar-refractivity contribution in [2.75, 3.05) is 25.1 Å². The van der Waals surface area contributed by atoms with E-state index in [1.54, 1.807) is 12.1 Å². The molecule has 1 fully saturated rings. The lowest BCUT2D eigenvalue weighted by molar-refractivity contribution is -0.122. The van der Waals surface area contributed by atoms with Gasteiger partial charge in [0.25, 0.3) is 0 Å². The largest absolute Gasteiger partial charge is 0.381 e. The van der Waals surface area contributed by atoms with E-state index in [9.17, 15) is 9.18 Å². The summed E-state index contributed by atoms with van der Waals surface area (Å²) in [5, 5.41) is 6.44. The van der Waals surface area contributed by atoms with Gasteiger partial charge in [-0.25, -0.2) is 4.39 Å². The van der Waals surface area contributed by atoms with Gasteiger partial charge in [0.1, 0.15) is 11.9 Å². The zero-order valence-electron chi connectivity index (χ0n) is 15.6. The first kappa shape index (κ1) is 18.0. The van der Waals surface area contributed by atoms with Crippen LogP contribution in [0.3, 0.4) is 0 Å². The lowest BCUT2D eigenvalue weighted by Crippen LogP contribution is -2.48. The molecule has 0 radical (unpaired) electrons. The first-order valence-electron chi connectivity index (χ1n) is 9.53. The van der Waals surface area contributed by atoms with Gasteiger partial charge in [-0.15, -0.1) is 0 Å². The number of carbonyl (C=O) groups is 1. The smallest absolute Gasteiger partial charge is 0.242 e. The summed E-state index contributed by atoms with van der Waals surface area (Å²) in [4.78, 5) is 12.8. The minimum atomic E-state index is -0.280. The summed E-state index contributed by atoms with van der Waals surface area (Å²) in [7, 11) is 0. The summed E-state index contributed by atoms with van der Waals surface area (Å²) in [6, 6.07) is 12.7. The Balaban J connectivity index is 1.46. The number of benzene rings is 2. The van der Waals surface area contributed by atoms with E-state index in [-0.39, 0.29) is 23.2 Å². The van der Waals surface area contributed by atoms with Gasteiger partial charge in [-0.3, -0.25) is 4.79 Å². The van der Waals surface area contributed by atoms with Crippen LogP contribution in [0.15, 0.2) is 42.5 Å². The Labute approximate surface area is 159 Å². The normalized spacial score (nSPS) is 20.6. The molecule has 0 unspecified atom stereocenters. The maximum absolute atomic E-state index is 13.8. The molecule has 2 aromatic carbocycles. The number of rotatable bonds is 4. The van der Waals surface area contributed by atoms with Crippen LogP contribution in [-0.4, -0.2) is 31.7 Å². The van der Waals surface area contributed by atoms with E-state index >= 15 is 0 Å². The van der Waals surface area contributed by atoms with Crippen LogP contribution in [0.1, 0.15) is 29.5 Å². The second-order valence-corrected chi connectivity index (χ2v) is 7.68. The summed E-state index contributed by atoms with van der Waals surface area (Å²) in [5.74, 6) is -0.251. The molecule has 27 heavy (non-hydrogen) atoms. The summed E-state index contributed by atoms with van der Waals surface area (Å²) in [6.07, 6.45) is 2.24.